The van der Waals surface area contributed by atoms with Gasteiger partial charge in [-0.05, 0) is 52.3 Å². The van der Waals surface area contributed by atoms with Gasteiger partial charge in [0.2, 0.25) is 10.0 Å². The van der Waals surface area contributed by atoms with Crippen LogP contribution in [-0.2, 0) is 14.8 Å². The highest BCUT2D eigenvalue weighted by atomic mass is 79.9. The van der Waals surface area contributed by atoms with E-state index in [1.807, 2.05) is 0 Å². The van der Waals surface area contributed by atoms with Gasteiger partial charge in [-0.2, -0.15) is 4.31 Å². The van der Waals surface area contributed by atoms with Crippen LogP contribution >= 0.6 is 39.1 Å². The molecule has 0 saturated carbocycles. The molecule has 1 amide bonds. The lowest BCUT2D eigenvalue weighted by molar-refractivity contribution is -0.118. The molecular formula is C18H19BrCl2N2O4S. The van der Waals surface area contributed by atoms with Crippen LogP contribution in [0.1, 0.15) is 13.8 Å². The molecule has 6 nitrogen and oxygen atoms in total. The van der Waals surface area contributed by atoms with E-state index in [0.29, 0.717) is 34.0 Å². The maximum atomic E-state index is 12.5. The van der Waals surface area contributed by atoms with E-state index in [4.69, 9.17) is 27.9 Å². The first-order chi connectivity index (χ1) is 13.2. The van der Waals surface area contributed by atoms with Gasteiger partial charge in [0.05, 0.1) is 14.4 Å². The minimum Gasteiger partial charge on any atom is -0.481 e. The fourth-order valence-electron chi connectivity index (χ4n) is 2.42. The number of amides is 1. The number of hydrogen-bond acceptors (Lipinski definition) is 4. The summed E-state index contributed by atoms with van der Waals surface area (Å²) in [6.07, 6.45) is 0. The third-order valence-electron chi connectivity index (χ3n) is 3.79. The Kier molecular flexibility index (Phi) is 8.15. The number of nitrogens with zero attached hydrogens (tertiary/aromatic N) is 1. The first-order valence-corrected chi connectivity index (χ1v) is 11.3. The highest BCUT2D eigenvalue weighted by molar-refractivity contribution is 9.10. The summed E-state index contributed by atoms with van der Waals surface area (Å²) in [5, 5.41) is 3.36. The minimum atomic E-state index is -3.54. The first-order valence-electron chi connectivity index (χ1n) is 8.36. The van der Waals surface area contributed by atoms with Crippen LogP contribution in [0, 0.1) is 0 Å². The molecule has 2 aromatic carbocycles. The van der Waals surface area contributed by atoms with Crippen molar-refractivity contribution in [1.29, 1.82) is 0 Å². The number of nitrogens with one attached hydrogen (secondary N) is 1. The fraction of sp³-hybridized carbons (Fsp3) is 0.278. The molecule has 0 fully saturated rings. The zero-order valence-corrected chi connectivity index (χ0v) is 19.1. The van der Waals surface area contributed by atoms with E-state index in [-0.39, 0.29) is 16.5 Å². The SMILES string of the molecule is CCN(CC)S(=O)(=O)c1ccc(NC(=O)COc2c(Cl)cc(Cl)cc2Br)cc1. The average molecular weight is 510 g/mol. The summed E-state index contributed by atoms with van der Waals surface area (Å²) in [5.41, 5.74) is 0.452. The quantitative estimate of drug-likeness (QED) is 0.554. The average Bonchev–Trinajstić information content (AvgIpc) is 2.62. The Morgan fingerprint density at radius 2 is 1.75 bits per heavy atom. The second-order valence-corrected chi connectivity index (χ2v) is 9.29. The molecule has 2 rings (SSSR count). The molecular weight excluding hydrogens is 491 g/mol. The number of halogens is 3. The number of carbonyl (C=O) groups is 1. The third-order valence-corrected chi connectivity index (χ3v) is 6.94. The van der Waals surface area contributed by atoms with Gasteiger partial charge in [-0.3, -0.25) is 4.79 Å². The van der Waals surface area contributed by atoms with E-state index < -0.39 is 15.9 Å². The molecule has 152 valence electrons. The Bertz CT molecular complexity index is 926. The highest BCUT2D eigenvalue weighted by Crippen LogP contribution is 2.36. The van der Waals surface area contributed by atoms with Crippen molar-refractivity contribution in [2.24, 2.45) is 0 Å². The van der Waals surface area contributed by atoms with Gasteiger partial charge >= 0.3 is 0 Å². The lowest BCUT2D eigenvalue weighted by Crippen LogP contribution is -2.30. The Labute approximate surface area is 182 Å². The van der Waals surface area contributed by atoms with Gasteiger partial charge in [-0.1, -0.05) is 37.0 Å². The number of rotatable bonds is 8. The molecule has 10 heteroatoms. The van der Waals surface area contributed by atoms with Crippen molar-refractivity contribution >= 4 is 60.7 Å². The van der Waals surface area contributed by atoms with Crippen molar-refractivity contribution in [3.8, 4) is 5.75 Å². The van der Waals surface area contributed by atoms with Gasteiger partial charge in [-0.25, -0.2) is 8.42 Å². The van der Waals surface area contributed by atoms with Gasteiger partial charge in [0.1, 0.15) is 0 Å². The summed E-state index contributed by atoms with van der Waals surface area (Å²) in [6.45, 7) is 4.05. The van der Waals surface area contributed by atoms with Crippen molar-refractivity contribution in [3.05, 3.63) is 50.9 Å². The number of benzene rings is 2. The van der Waals surface area contributed by atoms with Gasteiger partial charge in [-0.15, -0.1) is 0 Å². The molecule has 0 aromatic heterocycles. The summed E-state index contributed by atoms with van der Waals surface area (Å²) in [7, 11) is -3.54. The van der Waals surface area contributed by atoms with Crippen LogP contribution in [0.15, 0.2) is 45.8 Å². The lowest BCUT2D eigenvalue weighted by Gasteiger charge is -2.18. The number of anilines is 1. The van der Waals surface area contributed by atoms with Gasteiger partial charge < -0.3 is 10.1 Å². The topological polar surface area (TPSA) is 75.7 Å². The molecule has 0 bridgehead atoms. The molecule has 0 saturated heterocycles. The number of carbonyl (C=O) groups excluding carboxylic acids is 1. The second kappa shape index (κ2) is 9.93. The Hall–Kier alpha value is -1.32. The zero-order chi connectivity index (χ0) is 20.9. The Morgan fingerprint density at radius 3 is 2.29 bits per heavy atom. The van der Waals surface area contributed by atoms with Crippen LogP contribution < -0.4 is 10.1 Å². The molecule has 0 radical (unpaired) electrons. The van der Waals surface area contributed by atoms with Gasteiger partial charge in [0, 0.05) is 23.8 Å². The maximum absolute atomic E-state index is 12.5. The smallest absolute Gasteiger partial charge is 0.262 e. The molecule has 28 heavy (non-hydrogen) atoms. The monoisotopic (exact) mass is 508 g/mol. The number of hydrogen-bond donors (Lipinski definition) is 1. The van der Waals surface area contributed by atoms with Crippen LogP contribution in [0.2, 0.25) is 10.0 Å². The van der Waals surface area contributed by atoms with Crippen LogP contribution in [0.3, 0.4) is 0 Å². The van der Waals surface area contributed by atoms with Crippen LogP contribution in [0.5, 0.6) is 5.75 Å². The van der Waals surface area contributed by atoms with Crippen molar-refractivity contribution in [3.63, 3.8) is 0 Å². The van der Waals surface area contributed by atoms with Crippen LogP contribution in [0.4, 0.5) is 5.69 Å². The molecule has 0 unspecified atom stereocenters. The predicted molar refractivity (Wildman–Crippen MR) is 115 cm³/mol. The molecule has 0 atom stereocenters. The molecule has 1 N–H and O–H groups in total. The van der Waals surface area contributed by atoms with Crippen molar-refractivity contribution in [1.82, 2.24) is 4.31 Å². The molecule has 0 spiro atoms. The zero-order valence-electron chi connectivity index (χ0n) is 15.2. The van der Waals surface area contributed by atoms with E-state index in [0.717, 1.165) is 0 Å². The normalized spacial score (nSPS) is 11.5. The number of ether oxygens (including phenoxy) is 1. The Balaban J connectivity index is 2.02. The molecule has 0 heterocycles. The number of sulfonamides is 1. The summed E-state index contributed by atoms with van der Waals surface area (Å²) in [4.78, 5) is 12.3. The van der Waals surface area contributed by atoms with Crippen molar-refractivity contribution in [2.75, 3.05) is 25.0 Å². The van der Waals surface area contributed by atoms with E-state index in [9.17, 15) is 13.2 Å². The van der Waals surface area contributed by atoms with Gasteiger partial charge in [0.15, 0.2) is 12.4 Å². The van der Waals surface area contributed by atoms with E-state index >= 15 is 0 Å². The summed E-state index contributed by atoms with van der Waals surface area (Å²) < 4.78 is 32.3. The lowest BCUT2D eigenvalue weighted by atomic mass is 10.3. The molecule has 0 aliphatic carbocycles. The first kappa shape index (κ1) is 23.0. The Morgan fingerprint density at radius 1 is 1.14 bits per heavy atom. The van der Waals surface area contributed by atoms with E-state index in [1.165, 1.54) is 34.6 Å². The minimum absolute atomic E-state index is 0.169. The van der Waals surface area contributed by atoms with Crippen LogP contribution in [0.25, 0.3) is 0 Å². The van der Waals surface area contributed by atoms with Crippen molar-refractivity contribution in [2.45, 2.75) is 18.7 Å². The van der Waals surface area contributed by atoms with Gasteiger partial charge in [0.25, 0.3) is 5.91 Å². The van der Waals surface area contributed by atoms with E-state index in [1.54, 1.807) is 19.9 Å². The summed E-state index contributed by atoms with van der Waals surface area (Å²) in [6, 6.07) is 9.08. The largest absolute Gasteiger partial charge is 0.481 e. The second-order valence-electron chi connectivity index (χ2n) is 5.65. The summed E-state index contributed by atoms with van der Waals surface area (Å²) in [5.74, 6) is -0.112. The molecule has 0 aliphatic heterocycles. The standard InChI is InChI=1S/C18H19BrCl2N2O4S/c1-3-23(4-2)28(25,26)14-7-5-13(6-8-14)22-17(24)11-27-18-15(19)9-12(20)10-16(18)21/h5-10H,3-4,11H2,1-2H3,(H,22,24). The van der Waals surface area contributed by atoms with Crippen molar-refractivity contribution < 1.29 is 17.9 Å². The van der Waals surface area contributed by atoms with E-state index in [2.05, 4.69) is 21.2 Å². The third kappa shape index (κ3) is 5.61. The van der Waals surface area contributed by atoms with Crippen LogP contribution in [-0.4, -0.2) is 38.3 Å². The summed E-state index contributed by atoms with van der Waals surface area (Å²) >= 11 is 15.2. The molecule has 0 aliphatic rings. The highest BCUT2D eigenvalue weighted by Gasteiger charge is 2.21. The predicted octanol–water partition coefficient (Wildman–Crippen LogP) is 4.80. The maximum Gasteiger partial charge on any atom is 0.262 e. The molecule has 2 aromatic rings. The fourth-order valence-corrected chi connectivity index (χ4v) is 5.25.